The number of benzene rings is 1. The molecule has 4 nitrogen and oxygen atoms in total. The lowest BCUT2D eigenvalue weighted by atomic mass is 10.3. The van der Waals surface area contributed by atoms with Gasteiger partial charge in [0.25, 0.3) is 5.91 Å². The first-order valence-corrected chi connectivity index (χ1v) is 5.98. The normalized spacial score (nSPS) is 10.3. The molecular weight excluding hydrogens is 305 g/mol. The minimum absolute atomic E-state index is 0.219. The van der Waals surface area contributed by atoms with Gasteiger partial charge >= 0.3 is 0 Å². The number of carbonyl (C=O) groups excluding carboxylic acids is 1. The number of hydrogen-bond acceptors (Lipinski definition) is 2. The zero-order chi connectivity index (χ0) is 12.4. The zero-order valence-corrected chi connectivity index (χ0v) is 11.3. The van der Waals surface area contributed by atoms with Crippen LogP contribution >= 0.6 is 27.5 Å². The zero-order valence-electron chi connectivity index (χ0n) is 8.95. The molecule has 0 radical (unpaired) electrons. The molecule has 0 aliphatic heterocycles. The first-order chi connectivity index (χ1) is 8.08. The van der Waals surface area contributed by atoms with Crippen LogP contribution < -0.4 is 5.32 Å². The quantitative estimate of drug-likeness (QED) is 0.926. The van der Waals surface area contributed by atoms with Crippen LogP contribution in [0.1, 0.15) is 10.5 Å². The largest absolute Gasteiger partial charge is 0.330 e. The second-order valence-electron chi connectivity index (χ2n) is 3.47. The fourth-order valence-electron chi connectivity index (χ4n) is 1.35. The second kappa shape index (κ2) is 4.89. The molecule has 1 N–H and O–H groups in total. The molecule has 0 fully saturated rings. The van der Waals surface area contributed by atoms with Crippen LogP contribution in [0.25, 0.3) is 0 Å². The van der Waals surface area contributed by atoms with E-state index in [9.17, 15) is 4.79 Å². The summed E-state index contributed by atoms with van der Waals surface area (Å²) in [7, 11) is 1.76. The highest BCUT2D eigenvalue weighted by atomic mass is 79.9. The number of nitrogens with one attached hydrogen (secondary N) is 1. The summed E-state index contributed by atoms with van der Waals surface area (Å²) in [6, 6.07) is 5.23. The summed E-state index contributed by atoms with van der Waals surface area (Å²) in [5.41, 5.74) is 1.13. The topological polar surface area (TPSA) is 46.9 Å². The predicted octanol–water partition coefficient (Wildman–Crippen LogP) is 3.09. The molecule has 1 aromatic heterocycles. The summed E-state index contributed by atoms with van der Waals surface area (Å²) in [6.07, 6.45) is 3.08. The molecule has 0 bridgehead atoms. The summed E-state index contributed by atoms with van der Waals surface area (Å²) in [4.78, 5) is 15.8. The molecule has 2 rings (SSSR count). The van der Waals surface area contributed by atoms with Crippen LogP contribution in [0.2, 0.25) is 5.02 Å². The summed E-state index contributed by atoms with van der Waals surface area (Å²) >= 11 is 9.22. The number of hydrogen-bond donors (Lipinski definition) is 1. The van der Waals surface area contributed by atoms with E-state index in [-0.39, 0.29) is 5.91 Å². The first kappa shape index (κ1) is 12.1. The standard InChI is InChI=1S/C11H9BrClN3O/c1-16-6-14-5-10(16)11(17)15-7-2-3-8(12)9(13)4-7/h2-6H,1H3,(H,15,17). The van der Waals surface area contributed by atoms with E-state index in [1.165, 1.54) is 6.20 Å². The van der Waals surface area contributed by atoms with Crippen LogP contribution in [-0.2, 0) is 7.05 Å². The average molecular weight is 315 g/mol. The Balaban J connectivity index is 2.19. The van der Waals surface area contributed by atoms with E-state index in [2.05, 4.69) is 26.2 Å². The third-order valence-electron chi connectivity index (χ3n) is 2.23. The van der Waals surface area contributed by atoms with E-state index in [1.54, 1.807) is 36.1 Å². The maximum Gasteiger partial charge on any atom is 0.273 e. The van der Waals surface area contributed by atoms with Gasteiger partial charge in [-0.15, -0.1) is 0 Å². The number of aryl methyl sites for hydroxylation is 1. The van der Waals surface area contributed by atoms with Crippen LogP contribution in [-0.4, -0.2) is 15.5 Å². The van der Waals surface area contributed by atoms with Crippen molar-refractivity contribution in [2.75, 3.05) is 5.32 Å². The van der Waals surface area contributed by atoms with Gasteiger partial charge in [-0.25, -0.2) is 4.98 Å². The van der Waals surface area contributed by atoms with Gasteiger partial charge in [-0.1, -0.05) is 11.6 Å². The highest BCUT2D eigenvalue weighted by molar-refractivity contribution is 9.10. The lowest BCUT2D eigenvalue weighted by Gasteiger charge is -2.06. The van der Waals surface area contributed by atoms with E-state index < -0.39 is 0 Å². The second-order valence-corrected chi connectivity index (χ2v) is 4.73. The van der Waals surface area contributed by atoms with Crippen LogP contribution in [0.4, 0.5) is 5.69 Å². The Labute approximate surface area is 112 Å². The van der Waals surface area contributed by atoms with Crippen molar-refractivity contribution in [2.45, 2.75) is 0 Å². The Morgan fingerprint density at radius 1 is 1.53 bits per heavy atom. The predicted molar refractivity (Wildman–Crippen MR) is 70.3 cm³/mol. The van der Waals surface area contributed by atoms with Crippen molar-refractivity contribution < 1.29 is 4.79 Å². The Morgan fingerprint density at radius 3 is 2.88 bits per heavy atom. The molecule has 1 aromatic carbocycles. The highest BCUT2D eigenvalue weighted by Crippen LogP contribution is 2.25. The lowest BCUT2D eigenvalue weighted by molar-refractivity contribution is 0.101. The Morgan fingerprint density at radius 2 is 2.29 bits per heavy atom. The summed E-state index contributed by atoms with van der Waals surface area (Å²) < 4.78 is 2.44. The molecule has 1 amide bonds. The van der Waals surface area contributed by atoms with Gasteiger partial charge in [0, 0.05) is 17.2 Å². The van der Waals surface area contributed by atoms with Crippen molar-refractivity contribution in [3.63, 3.8) is 0 Å². The number of amides is 1. The molecule has 0 aliphatic rings. The van der Waals surface area contributed by atoms with Gasteiger partial charge in [0.1, 0.15) is 5.69 Å². The Kier molecular flexibility index (Phi) is 3.49. The molecule has 17 heavy (non-hydrogen) atoms. The number of imidazole rings is 1. The van der Waals surface area contributed by atoms with Crippen LogP contribution in [0.15, 0.2) is 35.2 Å². The van der Waals surface area contributed by atoms with Crippen molar-refractivity contribution in [2.24, 2.45) is 7.05 Å². The van der Waals surface area contributed by atoms with E-state index in [1.807, 2.05) is 0 Å². The van der Waals surface area contributed by atoms with Gasteiger partial charge < -0.3 is 9.88 Å². The fourth-order valence-corrected chi connectivity index (χ4v) is 1.77. The van der Waals surface area contributed by atoms with Gasteiger partial charge in [0.2, 0.25) is 0 Å². The Hall–Kier alpha value is -1.33. The highest BCUT2D eigenvalue weighted by Gasteiger charge is 2.10. The SMILES string of the molecule is Cn1cncc1C(=O)Nc1ccc(Br)c(Cl)c1. The number of anilines is 1. The first-order valence-electron chi connectivity index (χ1n) is 4.80. The number of nitrogens with zero attached hydrogens (tertiary/aromatic N) is 2. The average Bonchev–Trinajstić information content (AvgIpc) is 2.70. The maximum atomic E-state index is 11.9. The molecule has 6 heteroatoms. The van der Waals surface area contributed by atoms with Crippen molar-refractivity contribution >= 4 is 39.1 Å². The summed E-state index contributed by atoms with van der Waals surface area (Å²) in [6.45, 7) is 0. The third kappa shape index (κ3) is 2.68. The van der Waals surface area contributed by atoms with Gasteiger partial charge in [-0.05, 0) is 34.1 Å². The summed E-state index contributed by atoms with van der Waals surface area (Å²) in [5, 5.41) is 3.30. The molecule has 0 spiro atoms. The molecule has 1 heterocycles. The molecule has 0 saturated carbocycles. The third-order valence-corrected chi connectivity index (χ3v) is 3.46. The van der Waals surface area contributed by atoms with E-state index in [0.717, 1.165) is 4.47 Å². The van der Waals surface area contributed by atoms with Gasteiger partial charge in [0.15, 0.2) is 0 Å². The molecule has 0 unspecified atom stereocenters. The number of carbonyl (C=O) groups is 1. The summed E-state index contributed by atoms with van der Waals surface area (Å²) in [5.74, 6) is -0.219. The maximum absolute atomic E-state index is 11.9. The van der Waals surface area contributed by atoms with Crippen molar-refractivity contribution in [3.8, 4) is 0 Å². The van der Waals surface area contributed by atoms with Crippen molar-refractivity contribution in [1.82, 2.24) is 9.55 Å². The van der Waals surface area contributed by atoms with E-state index in [4.69, 9.17) is 11.6 Å². The van der Waals surface area contributed by atoms with Crippen molar-refractivity contribution in [3.05, 3.63) is 45.9 Å². The van der Waals surface area contributed by atoms with Gasteiger partial charge in [-0.3, -0.25) is 4.79 Å². The molecule has 88 valence electrons. The van der Waals surface area contributed by atoms with E-state index in [0.29, 0.717) is 16.4 Å². The molecule has 0 saturated heterocycles. The van der Waals surface area contributed by atoms with Crippen LogP contribution in [0, 0.1) is 0 Å². The minimum Gasteiger partial charge on any atom is -0.330 e. The number of rotatable bonds is 2. The molecule has 0 atom stereocenters. The molecule has 2 aromatic rings. The monoisotopic (exact) mass is 313 g/mol. The van der Waals surface area contributed by atoms with E-state index >= 15 is 0 Å². The number of halogens is 2. The van der Waals surface area contributed by atoms with Crippen LogP contribution in [0.5, 0.6) is 0 Å². The Bertz CT molecular complexity index is 568. The lowest BCUT2D eigenvalue weighted by Crippen LogP contribution is -2.15. The minimum atomic E-state index is -0.219. The molecular formula is C11H9BrClN3O. The van der Waals surface area contributed by atoms with Gasteiger partial charge in [0.05, 0.1) is 17.5 Å². The smallest absolute Gasteiger partial charge is 0.273 e. The van der Waals surface area contributed by atoms with Crippen molar-refractivity contribution in [1.29, 1.82) is 0 Å². The van der Waals surface area contributed by atoms with Gasteiger partial charge in [-0.2, -0.15) is 0 Å². The fraction of sp³-hybridized carbons (Fsp3) is 0.0909. The number of aromatic nitrogens is 2. The van der Waals surface area contributed by atoms with Crippen LogP contribution in [0.3, 0.4) is 0 Å². The molecule has 0 aliphatic carbocycles.